The second kappa shape index (κ2) is 5.02. The van der Waals surface area contributed by atoms with Crippen LogP contribution in [0.1, 0.15) is 12.1 Å². The molecule has 1 N–H and O–H groups in total. The molecule has 1 aromatic heterocycles. The van der Waals surface area contributed by atoms with Crippen molar-refractivity contribution in [3.05, 3.63) is 24.3 Å². The van der Waals surface area contributed by atoms with Gasteiger partial charge in [-0.05, 0) is 18.9 Å². The van der Waals surface area contributed by atoms with Gasteiger partial charge in [0.1, 0.15) is 0 Å². The minimum Gasteiger partial charge on any atom is -0.375 e. The highest BCUT2D eigenvalue weighted by atomic mass is 16.5. The number of aromatic nitrogens is 2. The smallest absolute Gasteiger partial charge is 0.0903 e. The van der Waals surface area contributed by atoms with Gasteiger partial charge in [-0.25, -0.2) is 0 Å². The predicted molar refractivity (Wildman–Crippen MR) is 52.7 cm³/mol. The van der Waals surface area contributed by atoms with Crippen LogP contribution >= 0.6 is 0 Å². The van der Waals surface area contributed by atoms with Crippen LogP contribution in [0.15, 0.2) is 18.6 Å². The summed E-state index contributed by atoms with van der Waals surface area (Å²) in [5.74, 6) is 0.673. The molecule has 0 radical (unpaired) electrons. The maximum Gasteiger partial charge on any atom is 0.0903 e. The van der Waals surface area contributed by atoms with Gasteiger partial charge in [-0.2, -0.15) is 0 Å². The Kier molecular flexibility index (Phi) is 3.43. The maximum absolute atomic E-state index is 5.56. The molecule has 1 aromatic rings. The molecule has 0 saturated carbocycles. The third-order valence-corrected chi connectivity index (χ3v) is 2.38. The Labute approximate surface area is 83.7 Å². The quantitative estimate of drug-likeness (QED) is 0.760. The molecular formula is C10H15N3O. The van der Waals surface area contributed by atoms with Crippen molar-refractivity contribution >= 4 is 0 Å². The summed E-state index contributed by atoms with van der Waals surface area (Å²) in [4.78, 5) is 8.12. The largest absolute Gasteiger partial charge is 0.375 e. The molecule has 0 aliphatic carbocycles. The van der Waals surface area contributed by atoms with Crippen molar-refractivity contribution < 1.29 is 4.74 Å². The number of nitrogens with zero attached hydrogens (tertiary/aromatic N) is 2. The Morgan fingerprint density at radius 1 is 1.50 bits per heavy atom. The highest BCUT2D eigenvalue weighted by molar-refractivity contribution is 4.91. The van der Waals surface area contributed by atoms with Gasteiger partial charge >= 0.3 is 0 Å². The van der Waals surface area contributed by atoms with E-state index in [1.807, 2.05) is 0 Å². The first-order valence-electron chi connectivity index (χ1n) is 4.98. The minimum atomic E-state index is 0.574. The average molecular weight is 193 g/mol. The first kappa shape index (κ1) is 9.55. The van der Waals surface area contributed by atoms with Gasteiger partial charge in [-0.15, -0.1) is 0 Å². The van der Waals surface area contributed by atoms with Crippen molar-refractivity contribution in [1.82, 2.24) is 15.3 Å². The molecule has 0 amide bonds. The molecule has 0 aromatic carbocycles. The monoisotopic (exact) mass is 193 g/mol. The Morgan fingerprint density at radius 2 is 2.50 bits per heavy atom. The Balaban J connectivity index is 1.67. The predicted octanol–water partition coefficient (Wildman–Crippen LogP) is 0.603. The first-order chi connectivity index (χ1) is 6.95. The zero-order valence-electron chi connectivity index (χ0n) is 8.15. The fraction of sp³-hybridized carbons (Fsp3) is 0.600. The molecule has 4 heteroatoms. The van der Waals surface area contributed by atoms with Gasteiger partial charge in [0.25, 0.3) is 0 Å². The van der Waals surface area contributed by atoms with Crippen LogP contribution in [0.25, 0.3) is 0 Å². The van der Waals surface area contributed by atoms with E-state index in [1.165, 1.54) is 6.42 Å². The number of ether oxygens (including phenoxy) is 1. The summed E-state index contributed by atoms with van der Waals surface area (Å²) < 4.78 is 5.56. The lowest BCUT2D eigenvalue weighted by Crippen LogP contribution is -2.13. The Morgan fingerprint density at radius 3 is 3.21 bits per heavy atom. The van der Waals surface area contributed by atoms with Gasteiger partial charge in [-0.3, -0.25) is 9.97 Å². The highest BCUT2D eigenvalue weighted by Gasteiger charge is 2.13. The molecule has 1 saturated heterocycles. The van der Waals surface area contributed by atoms with Gasteiger partial charge in [-0.1, -0.05) is 0 Å². The second-order valence-electron chi connectivity index (χ2n) is 3.57. The molecule has 4 nitrogen and oxygen atoms in total. The maximum atomic E-state index is 5.56. The van der Waals surface area contributed by atoms with Crippen LogP contribution in [0.3, 0.4) is 0 Å². The van der Waals surface area contributed by atoms with Crippen molar-refractivity contribution in [2.45, 2.75) is 13.0 Å². The molecule has 0 bridgehead atoms. The van der Waals surface area contributed by atoms with Crippen LogP contribution in [-0.4, -0.2) is 29.7 Å². The molecule has 1 fully saturated rings. The van der Waals surface area contributed by atoms with Crippen LogP contribution in [0.4, 0.5) is 0 Å². The SMILES string of the molecule is c1cnc(COC[C@H]2CCNC2)cn1. The fourth-order valence-corrected chi connectivity index (χ4v) is 1.59. The van der Waals surface area contributed by atoms with Crippen LogP contribution in [0, 0.1) is 5.92 Å². The van der Waals surface area contributed by atoms with Gasteiger partial charge in [0.2, 0.25) is 0 Å². The van der Waals surface area contributed by atoms with E-state index in [0.29, 0.717) is 12.5 Å². The summed E-state index contributed by atoms with van der Waals surface area (Å²) in [6.07, 6.45) is 6.33. The number of hydrogen-bond acceptors (Lipinski definition) is 4. The van der Waals surface area contributed by atoms with Crippen molar-refractivity contribution in [2.24, 2.45) is 5.92 Å². The number of hydrogen-bond donors (Lipinski definition) is 1. The molecule has 0 unspecified atom stereocenters. The minimum absolute atomic E-state index is 0.574. The third-order valence-electron chi connectivity index (χ3n) is 2.38. The third kappa shape index (κ3) is 2.75. The molecule has 2 rings (SSSR count). The normalized spacial score (nSPS) is 21.3. The number of rotatable bonds is 4. The topological polar surface area (TPSA) is 47.0 Å². The van der Waals surface area contributed by atoms with E-state index in [0.717, 1.165) is 25.4 Å². The second-order valence-corrected chi connectivity index (χ2v) is 3.57. The van der Waals surface area contributed by atoms with E-state index in [2.05, 4.69) is 15.3 Å². The van der Waals surface area contributed by atoms with Crippen LogP contribution in [0.2, 0.25) is 0 Å². The lowest BCUT2D eigenvalue weighted by Gasteiger charge is -2.08. The van der Waals surface area contributed by atoms with Crippen LogP contribution < -0.4 is 5.32 Å². The standard InChI is InChI=1S/C10H15N3O/c1-2-11-5-9(1)7-14-8-10-6-12-3-4-13-10/h3-4,6,9,11H,1-2,5,7-8H2/t9-/m0/s1. The van der Waals surface area contributed by atoms with Crippen molar-refractivity contribution in [1.29, 1.82) is 0 Å². The summed E-state index contributed by atoms with van der Waals surface area (Å²) >= 11 is 0. The van der Waals surface area contributed by atoms with Gasteiger partial charge in [0, 0.05) is 18.9 Å². The lowest BCUT2D eigenvalue weighted by atomic mass is 10.1. The van der Waals surface area contributed by atoms with E-state index in [1.54, 1.807) is 18.6 Å². The zero-order chi connectivity index (χ0) is 9.64. The van der Waals surface area contributed by atoms with Crippen molar-refractivity contribution in [3.63, 3.8) is 0 Å². The zero-order valence-corrected chi connectivity index (χ0v) is 8.15. The molecule has 1 aliphatic heterocycles. The lowest BCUT2D eigenvalue weighted by molar-refractivity contribution is 0.0900. The van der Waals surface area contributed by atoms with Gasteiger partial charge in [0.05, 0.1) is 25.1 Å². The van der Waals surface area contributed by atoms with E-state index in [-0.39, 0.29) is 0 Å². The van der Waals surface area contributed by atoms with Crippen LogP contribution in [0.5, 0.6) is 0 Å². The van der Waals surface area contributed by atoms with E-state index in [9.17, 15) is 0 Å². The Hall–Kier alpha value is -1.00. The molecule has 1 aliphatic rings. The van der Waals surface area contributed by atoms with Crippen molar-refractivity contribution in [2.75, 3.05) is 19.7 Å². The van der Waals surface area contributed by atoms with E-state index < -0.39 is 0 Å². The van der Waals surface area contributed by atoms with Crippen LogP contribution in [-0.2, 0) is 11.3 Å². The summed E-state index contributed by atoms with van der Waals surface area (Å²) in [5, 5.41) is 3.31. The molecular weight excluding hydrogens is 178 g/mol. The molecule has 1 atom stereocenters. The summed E-state index contributed by atoms with van der Waals surface area (Å²) in [5.41, 5.74) is 0.901. The first-order valence-corrected chi connectivity index (χ1v) is 4.98. The Bertz CT molecular complexity index is 259. The highest BCUT2D eigenvalue weighted by Crippen LogP contribution is 2.08. The summed E-state index contributed by atoms with van der Waals surface area (Å²) in [6.45, 7) is 3.60. The molecule has 76 valence electrons. The summed E-state index contributed by atoms with van der Waals surface area (Å²) in [6, 6.07) is 0. The van der Waals surface area contributed by atoms with Gasteiger partial charge < -0.3 is 10.1 Å². The average Bonchev–Trinajstić information content (AvgIpc) is 2.72. The molecule has 0 spiro atoms. The number of nitrogens with one attached hydrogen (secondary N) is 1. The van der Waals surface area contributed by atoms with Crippen molar-refractivity contribution in [3.8, 4) is 0 Å². The molecule has 2 heterocycles. The van der Waals surface area contributed by atoms with Gasteiger partial charge in [0.15, 0.2) is 0 Å². The fourth-order valence-electron chi connectivity index (χ4n) is 1.59. The van der Waals surface area contributed by atoms with E-state index >= 15 is 0 Å². The summed E-state index contributed by atoms with van der Waals surface area (Å²) in [7, 11) is 0. The molecule has 14 heavy (non-hydrogen) atoms. The van der Waals surface area contributed by atoms with E-state index in [4.69, 9.17) is 4.74 Å².